The molecule has 1 N–H and O–H groups in total. The van der Waals surface area contributed by atoms with Gasteiger partial charge in [-0.2, -0.15) is 0 Å². The van der Waals surface area contributed by atoms with Crippen LogP contribution in [0.3, 0.4) is 0 Å². The zero-order valence-electron chi connectivity index (χ0n) is 8.13. The van der Waals surface area contributed by atoms with Crippen molar-refractivity contribution in [2.75, 3.05) is 19.0 Å². The molecule has 0 saturated carbocycles. The molecule has 0 fully saturated rings. The lowest BCUT2D eigenvalue weighted by molar-refractivity contribution is -0.138. The van der Waals surface area contributed by atoms with Crippen molar-refractivity contribution in [1.82, 2.24) is 0 Å². The Hall–Kier alpha value is -1.22. The molecule has 1 aromatic carbocycles. The molecule has 3 nitrogen and oxygen atoms in total. The van der Waals surface area contributed by atoms with Crippen LogP contribution in [0.15, 0.2) is 18.2 Å². The van der Waals surface area contributed by atoms with Gasteiger partial charge in [0.15, 0.2) is 0 Å². The molecule has 76 valence electrons. The Balaban J connectivity index is 2.63. The molecule has 0 radical (unpaired) electrons. The number of ether oxygens (including phenoxy) is 1. The summed E-state index contributed by atoms with van der Waals surface area (Å²) < 4.78 is 4.51. The first-order chi connectivity index (χ1) is 6.63. The van der Waals surface area contributed by atoms with Gasteiger partial charge in [-0.1, -0.05) is 11.6 Å². The van der Waals surface area contributed by atoms with Crippen LogP contribution in [-0.4, -0.2) is 19.6 Å². The minimum atomic E-state index is -0.292. The van der Waals surface area contributed by atoms with E-state index >= 15 is 0 Å². The fraction of sp³-hybridized carbons (Fsp3) is 0.300. The van der Waals surface area contributed by atoms with E-state index in [2.05, 4.69) is 10.1 Å². The average molecular weight is 214 g/mol. The number of aryl methyl sites for hydroxylation is 1. The Kier molecular flexibility index (Phi) is 3.77. The third kappa shape index (κ3) is 2.92. The largest absolute Gasteiger partial charge is 0.468 e. The molecular weight excluding hydrogens is 202 g/mol. The van der Waals surface area contributed by atoms with Crippen molar-refractivity contribution in [3.63, 3.8) is 0 Å². The molecule has 0 aliphatic heterocycles. The van der Waals surface area contributed by atoms with E-state index in [1.165, 1.54) is 7.11 Å². The summed E-state index contributed by atoms with van der Waals surface area (Å²) in [7, 11) is 1.36. The second-order valence-electron chi connectivity index (χ2n) is 2.89. The number of esters is 1. The molecule has 0 unspecified atom stereocenters. The van der Waals surface area contributed by atoms with E-state index < -0.39 is 0 Å². The fourth-order valence-corrected chi connectivity index (χ4v) is 1.29. The number of carbonyl (C=O) groups excluding carboxylic acids is 1. The minimum absolute atomic E-state index is 0.166. The van der Waals surface area contributed by atoms with Crippen molar-refractivity contribution < 1.29 is 9.53 Å². The van der Waals surface area contributed by atoms with E-state index in [9.17, 15) is 4.79 Å². The minimum Gasteiger partial charge on any atom is -0.468 e. The number of nitrogens with one attached hydrogen (secondary N) is 1. The van der Waals surface area contributed by atoms with Crippen LogP contribution >= 0.6 is 11.6 Å². The molecule has 4 heteroatoms. The summed E-state index contributed by atoms with van der Waals surface area (Å²) in [6, 6.07) is 5.44. The highest BCUT2D eigenvalue weighted by molar-refractivity contribution is 6.30. The van der Waals surface area contributed by atoms with Crippen LogP contribution in [0.1, 0.15) is 5.56 Å². The van der Waals surface area contributed by atoms with Crippen LogP contribution in [0.25, 0.3) is 0 Å². The van der Waals surface area contributed by atoms with Gasteiger partial charge in [-0.05, 0) is 30.7 Å². The number of benzene rings is 1. The molecular formula is C10H12ClNO2. The number of rotatable bonds is 3. The molecule has 1 aromatic rings. The number of hydrogen-bond donors (Lipinski definition) is 1. The molecule has 1 rings (SSSR count). The maximum Gasteiger partial charge on any atom is 0.325 e. The smallest absolute Gasteiger partial charge is 0.325 e. The lowest BCUT2D eigenvalue weighted by Crippen LogP contribution is -2.15. The zero-order chi connectivity index (χ0) is 10.6. The number of halogens is 1. The highest BCUT2D eigenvalue weighted by atomic mass is 35.5. The third-order valence-corrected chi connectivity index (χ3v) is 2.07. The second kappa shape index (κ2) is 4.86. The molecule has 0 aliphatic carbocycles. The molecule has 0 aliphatic rings. The lowest BCUT2D eigenvalue weighted by atomic mass is 10.2. The zero-order valence-corrected chi connectivity index (χ0v) is 8.89. The van der Waals surface area contributed by atoms with Gasteiger partial charge in [0.2, 0.25) is 0 Å². The van der Waals surface area contributed by atoms with Crippen molar-refractivity contribution in [3.8, 4) is 0 Å². The number of methoxy groups -OCH3 is 1. The standard InChI is InChI=1S/C10H12ClNO2/c1-7-5-8(11)3-4-9(7)12-6-10(13)14-2/h3-5,12H,6H2,1-2H3. The molecule has 14 heavy (non-hydrogen) atoms. The monoisotopic (exact) mass is 213 g/mol. The van der Waals surface area contributed by atoms with Gasteiger partial charge in [0.05, 0.1) is 7.11 Å². The summed E-state index contributed by atoms with van der Waals surface area (Å²) in [5, 5.41) is 3.64. The quantitative estimate of drug-likeness (QED) is 0.783. The Morgan fingerprint density at radius 1 is 1.57 bits per heavy atom. The Morgan fingerprint density at radius 2 is 2.29 bits per heavy atom. The molecule has 0 amide bonds. The average Bonchev–Trinajstić information content (AvgIpc) is 2.16. The van der Waals surface area contributed by atoms with E-state index in [0.29, 0.717) is 5.02 Å². The van der Waals surface area contributed by atoms with Gasteiger partial charge in [-0.15, -0.1) is 0 Å². The summed E-state index contributed by atoms with van der Waals surface area (Å²) in [5.41, 5.74) is 1.89. The van der Waals surface area contributed by atoms with E-state index in [1.807, 2.05) is 19.1 Å². The third-order valence-electron chi connectivity index (χ3n) is 1.84. The molecule has 0 bridgehead atoms. The Bertz CT molecular complexity index is 339. The van der Waals surface area contributed by atoms with Crippen molar-refractivity contribution in [2.24, 2.45) is 0 Å². The van der Waals surface area contributed by atoms with Crippen LogP contribution in [0, 0.1) is 6.92 Å². The summed E-state index contributed by atoms with van der Waals surface area (Å²) in [6.45, 7) is 2.09. The van der Waals surface area contributed by atoms with Gasteiger partial charge in [-0.25, -0.2) is 0 Å². The molecule has 0 spiro atoms. The van der Waals surface area contributed by atoms with E-state index in [1.54, 1.807) is 6.07 Å². The maximum absolute atomic E-state index is 10.9. The molecule has 0 saturated heterocycles. The number of carbonyl (C=O) groups is 1. The van der Waals surface area contributed by atoms with E-state index in [0.717, 1.165) is 11.3 Å². The summed E-state index contributed by atoms with van der Waals surface area (Å²) in [5.74, 6) is -0.292. The second-order valence-corrected chi connectivity index (χ2v) is 3.33. The first-order valence-electron chi connectivity index (χ1n) is 4.20. The molecule has 0 atom stereocenters. The number of anilines is 1. The first kappa shape index (κ1) is 10.9. The van der Waals surface area contributed by atoms with Crippen LogP contribution in [0.4, 0.5) is 5.69 Å². The summed E-state index contributed by atoms with van der Waals surface area (Å²) in [4.78, 5) is 10.9. The van der Waals surface area contributed by atoms with Gasteiger partial charge in [0.25, 0.3) is 0 Å². The summed E-state index contributed by atoms with van der Waals surface area (Å²) in [6.07, 6.45) is 0. The van der Waals surface area contributed by atoms with Crippen LogP contribution < -0.4 is 5.32 Å². The molecule has 0 aromatic heterocycles. The van der Waals surface area contributed by atoms with Gasteiger partial charge < -0.3 is 10.1 Å². The van der Waals surface area contributed by atoms with Gasteiger partial charge in [0, 0.05) is 10.7 Å². The SMILES string of the molecule is COC(=O)CNc1ccc(Cl)cc1C. The van der Waals surface area contributed by atoms with Gasteiger partial charge in [-0.3, -0.25) is 4.79 Å². The van der Waals surface area contributed by atoms with Crippen LogP contribution in [-0.2, 0) is 9.53 Å². The predicted molar refractivity (Wildman–Crippen MR) is 56.7 cm³/mol. The number of hydrogen-bond acceptors (Lipinski definition) is 3. The van der Waals surface area contributed by atoms with Crippen LogP contribution in [0.5, 0.6) is 0 Å². The lowest BCUT2D eigenvalue weighted by Gasteiger charge is -2.08. The van der Waals surface area contributed by atoms with Crippen LogP contribution in [0.2, 0.25) is 5.02 Å². The van der Waals surface area contributed by atoms with E-state index in [4.69, 9.17) is 11.6 Å². The summed E-state index contributed by atoms with van der Waals surface area (Å²) >= 11 is 5.79. The van der Waals surface area contributed by atoms with Crippen molar-refractivity contribution in [1.29, 1.82) is 0 Å². The van der Waals surface area contributed by atoms with Crippen molar-refractivity contribution in [3.05, 3.63) is 28.8 Å². The van der Waals surface area contributed by atoms with Gasteiger partial charge >= 0.3 is 5.97 Å². The Labute approximate surface area is 88.0 Å². The maximum atomic E-state index is 10.9. The predicted octanol–water partition coefficient (Wildman–Crippen LogP) is 2.23. The first-order valence-corrected chi connectivity index (χ1v) is 4.58. The highest BCUT2D eigenvalue weighted by Crippen LogP contribution is 2.19. The highest BCUT2D eigenvalue weighted by Gasteiger charge is 2.02. The van der Waals surface area contributed by atoms with Crippen molar-refractivity contribution in [2.45, 2.75) is 6.92 Å². The Morgan fingerprint density at radius 3 is 2.86 bits per heavy atom. The fourth-order valence-electron chi connectivity index (χ4n) is 1.06. The van der Waals surface area contributed by atoms with Gasteiger partial charge in [0.1, 0.15) is 6.54 Å². The topological polar surface area (TPSA) is 38.3 Å². The van der Waals surface area contributed by atoms with Crippen molar-refractivity contribution >= 4 is 23.3 Å². The normalized spacial score (nSPS) is 9.64. The molecule has 0 heterocycles. The van der Waals surface area contributed by atoms with E-state index in [-0.39, 0.29) is 12.5 Å².